The summed E-state index contributed by atoms with van der Waals surface area (Å²) in [4.78, 5) is 33.7. The fourth-order valence-electron chi connectivity index (χ4n) is 3.23. The molecule has 2 aromatic rings. The minimum atomic E-state index is -0.309. The summed E-state index contributed by atoms with van der Waals surface area (Å²) >= 11 is 0. The fraction of sp³-hybridized carbons (Fsp3) is 0.381. The summed E-state index contributed by atoms with van der Waals surface area (Å²) in [6.07, 6.45) is 1.50. The van der Waals surface area contributed by atoms with Crippen LogP contribution in [0, 0.1) is 6.92 Å². The second-order valence-electron chi connectivity index (χ2n) is 6.81. The third kappa shape index (κ3) is 4.48. The van der Waals surface area contributed by atoms with Crippen LogP contribution in [0.2, 0.25) is 0 Å². The Morgan fingerprint density at radius 3 is 2.57 bits per heavy atom. The van der Waals surface area contributed by atoms with Gasteiger partial charge in [-0.15, -0.1) is 0 Å². The van der Waals surface area contributed by atoms with Crippen molar-refractivity contribution >= 4 is 17.5 Å². The standard InChI is InChI=1S/C21H26N4O3/c1-4-24-9-11-25(12-10-24)21(27)18-14-16(7-8-22-18)20(26)23-17-13-15(2)5-6-19(17)28-3/h5-8,13-14H,4,9-12H2,1-3H3,(H,23,26). The molecule has 28 heavy (non-hydrogen) atoms. The Bertz CT molecular complexity index is 860. The van der Waals surface area contributed by atoms with Crippen molar-refractivity contribution in [3.8, 4) is 5.75 Å². The maximum atomic E-state index is 12.8. The summed E-state index contributed by atoms with van der Waals surface area (Å²) in [5, 5.41) is 2.85. The Hall–Kier alpha value is -2.93. The molecule has 0 atom stereocenters. The zero-order chi connectivity index (χ0) is 20.1. The van der Waals surface area contributed by atoms with E-state index in [1.807, 2.05) is 25.1 Å². The zero-order valence-electron chi connectivity index (χ0n) is 16.6. The molecule has 0 spiro atoms. The first-order valence-corrected chi connectivity index (χ1v) is 9.45. The number of aromatic nitrogens is 1. The molecular weight excluding hydrogens is 356 g/mol. The summed E-state index contributed by atoms with van der Waals surface area (Å²) in [5.41, 5.74) is 2.27. The third-order valence-corrected chi connectivity index (χ3v) is 4.95. The lowest BCUT2D eigenvalue weighted by Gasteiger charge is -2.33. The number of likely N-dealkylation sites (N-methyl/N-ethyl adjacent to an activating group) is 1. The molecule has 0 saturated carbocycles. The zero-order valence-corrected chi connectivity index (χ0v) is 16.6. The Kier molecular flexibility index (Phi) is 6.26. The Morgan fingerprint density at radius 1 is 1.14 bits per heavy atom. The number of amides is 2. The number of rotatable bonds is 5. The van der Waals surface area contributed by atoms with E-state index in [1.54, 1.807) is 24.1 Å². The summed E-state index contributed by atoms with van der Waals surface area (Å²) in [6, 6.07) is 8.71. The highest BCUT2D eigenvalue weighted by Gasteiger charge is 2.23. The molecule has 1 saturated heterocycles. The van der Waals surface area contributed by atoms with Crippen molar-refractivity contribution in [2.75, 3.05) is 45.2 Å². The maximum Gasteiger partial charge on any atom is 0.272 e. The van der Waals surface area contributed by atoms with Gasteiger partial charge in [0.1, 0.15) is 11.4 Å². The molecule has 0 unspecified atom stereocenters. The highest BCUT2D eigenvalue weighted by molar-refractivity contribution is 6.06. The topological polar surface area (TPSA) is 74.8 Å². The van der Waals surface area contributed by atoms with E-state index in [1.165, 1.54) is 6.20 Å². The average molecular weight is 382 g/mol. The highest BCUT2D eigenvalue weighted by atomic mass is 16.5. The van der Waals surface area contributed by atoms with Crippen molar-refractivity contribution in [1.82, 2.24) is 14.8 Å². The van der Waals surface area contributed by atoms with Gasteiger partial charge in [-0.25, -0.2) is 0 Å². The van der Waals surface area contributed by atoms with Gasteiger partial charge in [0.05, 0.1) is 12.8 Å². The summed E-state index contributed by atoms with van der Waals surface area (Å²) in [5.74, 6) is 0.132. The van der Waals surface area contributed by atoms with Crippen molar-refractivity contribution in [3.63, 3.8) is 0 Å². The van der Waals surface area contributed by atoms with Crippen molar-refractivity contribution < 1.29 is 14.3 Å². The smallest absolute Gasteiger partial charge is 0.272 e. The number of aryl methyl sites for hydroxylation is 1. The summed E-state index contributed by atoms with van der Waals surface area (Å²) in [7, 11) is 1.56. The molecule has 1 aliphatic heterocycles. The molecule has 0 bridgehead atoms. The summed E-state index contributed by atoms with van der Waals surface area (Å²) < 4.78 is 5.30. The van der Waals surface area contributed by atoms with Gasteiger partial charge < -0.3 is 19.9 Å². The lowest BCUT2D eigenvalue weighted by atomic mass is 10.1. The van der Waals surface area contributed by atoms with Crippen LogP contribution in [0.1, 0.15) is 33.3 Å². The monoisotopic (exact) mass is 382 g/mol. The molecule has 0 radical (unpaired) electrons. The van der Waals surface area contributed by atoms with Crippen LogP contribution in [0.25, 0.3) is 0 Å². The van der Waals surface area contributed by atoms with Crippen LogP contribution >= 0.6 is 0 Å². The molecule has 148 valence electrons. The molecule has 2 amide bonds. The quantitative estimate of drug-likeness (QED) is 0.860. The van der Waals surface area contributed by atoms with E-state index in [0.29, 0.717) is 30.1 Å². The number of ether oxygens (including phenoxy) is 1. The Morgan fingerprint density at radius 2 is 1.89 bits per heavy atom. The van der Waals surface area contributed by atoms with Crippen molar-refractivity contribution in [1.29, 1.82) is 0 Å². The van der Waals surface area contributed by atoms with Gasteiger partial charge >= 0.3 is 0 Å². The van der Waals surface area contributed by atoms with Crippen LogP contribution in [0.3, 0.4) is 0 Å². The first-order chi connectivity index (χ1) is 13.5. The van der Waals surface area contributed by atoms with Crippen LogP contribution < -0.4 is 10.1 Å². The normalized spacial score (nSPS) is 14.6. The lowest BCUT2D eigenvalue weighted by molar-refractivity contribution is 0.0637. The number of piperazine rings is 1. The SMILES string of the molecule is CCN1CCN(C(=O)c2cc(C(=O)Nc3cc(C)ccc3OC)ccn2)CC1. The lowest BCUT2D eigenvalue weighted by Crippen LogP contribution is -2.48. The van der Waals surface area contributed by atoms with Crippen LogP contribution in [-0.4, -0.2) is 66.4 Å². The first-order valence-electron chi connectivity index (χ1n) is 9.45. The fourth-order valence-corrected chi connectivity index (χ4v) is 3.23. The number of methoxy groups -OCH3 is 1. The van der Waals surface area contributed by atoms with E-state index in [-0.39, 0.29) is 17.5 Å². The number of hydrogen-bond acceptors (Lipinski definition) is 5. The predicted octanol–water partition coefficient (Wildman–Crippen LogP) is 2.43. The minimum Gasteiger partial charge on any atom is -0.495 e. The van der Waals surface area contributed by atoms with E-state index >= 15 is 0 Å². The number of nitrogens with zero attached hydrogens (tertiary/aromatic N) is 3. The Balaban J connectivity index is 1.73. The average Bonchev–Trinajstić information content (AvgIpc) is 2.73. The van der Waals surface area contributed by atoms with E-state index < -0.39 is 0 Å². The first kappa shape index (κ1) is 19.8. The van der Waals surface area contributed by atoms with Gasteiger partial charge in [-0.3, -0.25) is 14.6 Å². The van der Waals surface area contributed by atoms with Crippen molar-refractivity contribution in [2.24, 2.45) is 0 Å². The molecule has 1 aromatic carbocycles. The van der Waals surface area contributed by atoms with E-state index in [4.69, 9.17) is 4.74 Å². The molecular formula is C21H26N4O3. The van der Waals surface area contributed by atoms with E-state index in [9.17, 15) is 9.59 Å². The second-order valence-corrected chi connectivity index (χ2v) is 6.81. The predicted molar refractivity (Wildman–Crippen MR) is 108 cm³/mol. The molecule has 2 heterocycles. The van der Waals surface area contributed by atoms with Gasteiger partial charge in [-0.1, -0.05) is 13.0 Å². The number of carbonyl (C=O) groups is 2. The number of anilines is 1. The van der Waals surface area contributed by atoms with Crippen LogP contribution in [0.4, 0.5) is 5.69 Å². The number of hydrogen-bond donors (Lipinski definition) is 1. The third-order valence-electron chi connectivity index (χ3n) is 4.95. The van der Waals surface area contributed by atoms with Crippen LogP contribution in [0.5, 0.6) is 5.75 Å². The molecule has 7 heteroatoms. The maximum absolute atomic E-state index is 12.8. The van der Waals surface area contributed by atoms with Gasteiger partial charge in [0, 0.05) is 37.9 Å². The molecule has 0 aliphatic carbocycles. The Labute approximate surface area is 165 Å². The summed E-state index contributed by atoms with van der Waals surface area (Å²) in [6.45, 7) is 8.10. The van der Waals surface area contributed by atoms with Crippen LogP contribution in [-0.2, 0) is 0 Å². The number of benzene rings is 1. The van der Waals surface area contributed by atoms with Crippen molar-refractivity contribution in [3.05, 3.63) is 53.3 Å². The number of nitrogens with one attached hydrogen (secondary N) is 1. The van der Waals surface area contributed by atoms with Gasteiger partial charge in [0.25, 0.3) is 11.8 Å². The molecule has 1 N–H and O–H groups in total. The molecule has 1 aromatic heterocycles. The van der Waals surface area contributed by atoms with Crippen LogP contribution in [0.15, 0.2) is 36.5 Å². The van der Waals surface area contributed by atoms with Gasteiger partial charge in [-0.2, -0.15) is 0 Å². The van der Waals surface area contributed by atoms with Crippen molar-refractivity contribution in [2.45, 2.75) is 13.8 Å². The highest BCUT2D eigenvalue weighted by Crippen LogP contribution is 2.25. The largest absolute Gasteiger partial charge is 0.495 e. The number of carbonyl (C=O) groups excluding carboxylic acids is 2. The van der Waals surface area contributed by atoms with Gasteiger partial charge in [0.15, 0.2) is 0 Å². The molecule has 1 fully saturated rings. The minimum absolute atomic E-state index is 0.140. The van der Waals surface area contributed by atoms with E-state index in [0.717, 1.165) is 25.2 Å². The van der Waals surface area contributed by atoms with Gasteiger partial charge in [-0.05, 0) is 43.3 Å². The van der Waals surface area contributed by atoms with E-state index in [2.05, 4.69) is 22.1 Å². The number of pyridine rings is 1. The molecule has 3 rings (SSSR count). The van der Waals surface area contributed by atoms with Gasteiger partial charge in [0.2, 0.25) is 0 Å². The molecule has 1 aliphatic rings. The molecule has 7 nitrogen and oxygen atoms in total. The second kappa shape index (κ2) is 8.84.